The van der Waals surface area contributed by atoms with E-state index in [0.717, 1.165) is 4.47 Å². The molecule has 0 saturated heterocycles. The molecule has 15 heavy (non-hydrogen) atoms. The van der Waals surface area contributed by atoms with Gasteiger partial charge in [0.2, 0.25) is 0 Å². The first-order valence-electron chi connectivity index (χ1n) is 4.22. The van der Waals surface area contributed by atoms with Crippen LogP contribution in [-0.2, 0) is 0 Å². The van der Waals surface area contributed by atoms with Crippen molar-refractivity contribution in [3.63, 3.8) is 0 Å². The molecule has 0 bridgehead atoms. The van der Waals surface area contributed by atoms with Crippen molar-refractivity contribution in [2.24, 2.45) is 0 Å². The first-order valence-corrected chi connectivity index (χ1v) is 5.89. The van der Waals surface area contributed by atoms with Gasteiger partial charge in [0, 0.05) is 10.7 Å². The highest BCUT2D eigenvalue weighted by atomic mass is 79.9. The quantitative estimate of drug-likeness (QED) is 0.919. The largest absolute Gasteiger partial charge is 0.306 e. The van der Waals surface area contributed by atoms with E-state index >= 15 is 0 Å². The molecule has 2 heterocycles. The van der Waals surface area contributed by atoms with Crippen molar-refractivity contribution in [3.05, 3.63) is 45.2 Å². The fourth-order valence-corrected chi connectivity index (χ4v) is 2.01. The Morgan fingerprint density at radius 2 is 2.33 bits per heavy atom. The van der Waals surface area contributed by atoms with Gasteiger partial charge in [-0.05, 0) is 23.6 Å². The van der Waals surface area contributed by atoms with Crippen molar-refractivity contribution in [1.29, 1.82) is 0 Å². The number of nitrogens with one attached hydrogen (secondary N) is 1. The second-order valence-corrected chi connectivity index (χ2v) is 4.65. The van der Waals surface area contributed by atoms with Crippen LogP contribution in [0, 0.1) is 0 Å². The van der Waals surface area contributed by atoms with Crippen LogP contribution in [0.3, 0.4) is 0 Å². The normalized spacial score (nSPS) is 9.93. The Kier molecular flexibility index (Phi) is 3.13. The van der Waals surface area contributed by atoms with E-state index in [4.69, 9.17) is 0 Å². The summed E-state index contributed by atoms with van der Waals surface area (Å²) >= 11 is 4.72. The van der Waals surface area contributed by atoms with Gasteiger partial charge in [0.25, 0.3) is 5.91 Å². The number of carbonyl (C=O) groups is 1. The van der Waals surface area contributed by atoms with E-state index in [1.54, 1.807) is 24.4 Å². The molecule has 0 aliphatic heterocycles. The molecule has 2 rings (SSSR count). The van der Waals surface area contributed by atoms with Crippen LogP contribution in [0.5, 0.6) is 0 Å². The molecule has 5 heteroatoms. The second kappa shape index (κ2) is 4.55. The van der Waals surface area contributed by atoms with Gasteiger partial charge in [0.1, 0.15) is 5.82 Å². The van der Waals surface area contributed by atoms with Gasteiger partial charge in [0.05, 0.1) is 4.88 Å². The lowest BCUT2D eigenvalue weighted by Gasteiger charge is -2.02. The first-order chi connectivity index (χ1) is 7.25. The number of hydrogen-bond acceptors (Lipinski definition) is 3. The van der Waals surface area contributed by atoms with Gasteiger partial charge in [-0.3, -0.25) is 4.79 Å². The van der Waals surface area contributed by atoms with Gasteiger partial charge in [0.15, 0.2) is 0 Å². The number of amides is 1. The van der Waals surface area contributed by atoms with E-state index in [9.17, 15) is 4.79 Å². The highest BCUT2D eigenvalue weighted by Gasteiger charge is 2.07. The van der Waals surface area contributed by atoms with Crippen LogP contribution in [0.25, 0.3) is 0 Å². The lowest BCUT2D eigenvalue weighted by molar-refractivity contribution is 0.103. The molecule has 0 aliphatic rings. The zero-order valence-electron chi connectivity index (χ0n) is 7.61. The van der Waals surface area contributed by atoms with Crippen molar-refractivity contribution in [2.45, 2.75) is 0 Å². The summed E-state index contributed by atoms with van der Waals surface area (Å²) in [5.74, 6) is 0.415. The van der Waals surface area contributed by atoms with E-state index < -0.39 is 0 Å². The molecule has 0 radical (unpaired) electrons. The smallest absolute Gasteiger partial charge is 0.266 e. The summed E-state index contributed by atoms with van der Waals surface area (Å²) in [7, 11) is 0. The Bertz CT molecular complexity index is 470. The topological polar surface area (TPSA) is 42.0 Å². The maximum atomic E-state index is 11.6. The lowest BCUT2D eigenvalue weighted by Crippen LogP contribution is -2.11. The highest BCUT2D eigenvalue weighted by molar-refractivity contribution is 9.10. The van der Waals surface area contributed by atoms with E-state index in [2.05, 4.69) is 26.2 Å². The number of carbonyl (C=O) groups excluding carboxylic acids is 1. The summed E-state index contributed by atoms with van der Waals surface area (Å²) in [5, 5.41) is 4.58. The van der Waals surface area contributed by atoms with Crippen LogP contribution < -0.4 is 5.32 Å². The minimum atomic E-state index is -0.129. The highest BCUT2D eigenvalue weighted by Crippen LogP contribution is 2.15. The average Bonchev–Trinajstić information content (AvgIpc) is 2.70. The van der Waals surface area contributed by atoms with Crippen LogP contribution >= 0.6 is 27.3 Å². The van der Waals surface area contributed by atoms with E-state index in [0.29, 0.717) is 10.7 Å². The van der Waals surface area contributed by atoms with Gasteiger partial charge in [-0.25, -0.2) is 4.98 Å². The average molecular weight is 283 g/mol. The predicted octanol–water partition coefficient (Wildman–Crippen LogP) is 3.16. The Morgan fingerprint density at radius 1 is 1.47 bits per heavy atom. The Hall–Kier alpha value is -1.20. The minimum absolute atomic E-state index is 0.129. The van der Waals surface area contributed by atoms with E-state index in [-0.39, 0.29) is 5.91 Å². The number of thiophene rings is 1. The van der Waals surface area contributed by atoms with E-state index in [1.807, 2.05) is 11.4 Å². The summed E-state index contributed by atoms with van der Waals surface area (Å²) in [6.07, 6.45) is 1.63. The molecule has 3 nitrogen and oxygen atoms in total. The molecule has 0 aromatic carbocycles. The molecular formula is C10H7BrN2OS. The molecule has 0 fully saturated rings. The van der Waals surface area contributed by atoms with Crippen LogP contribution in [0.2, 0.25) is 0 Å². The van der Waals surface area contributed by atoms with Gasteiger partial charge in [-0.1, -0.05) is 22.0 Å². The molecule has 0 saturated carbocycles. The third kappa shape index (κ3) is 2.64. The molecule has 0 unspecified atom stereocenters. The number of rotatable bonds is 2. The number of halogens is 1. The van der Waals surface area contributed by atoms with Gasteiger partial charge in [-0.2, -0.15) is 0 Å². The molecule has 0 aliphatic carbocycles. The summed E-state index contributed by atoms with van der Waals surface area (Å²) in [5.41, 5.74) is 0. The van der Waals surface area contributed by atoms with Crippen molar-refractivity contribution in [2.75, 3.05) is 5.32 Å². The Balaban J connectivity index is 2.13. The minimum Gasteiger partial charge on any atom is -0.306 e. The van der Waals surface area contributed by atoms with Crippen LogP contribution in [0.15, 0.2) is 40.3 Å². The molecule has 2 aromatic rings. The maximum absolute atomic E-state index is 11.6. The van der Waals surface area contributed by atoms with Crippen LogP contribution in [0.4, 0.5) is 5.82 Å². The van der Waals surface area contributed by atoms with E-state index in [1.165, 1.54) is 11.3 Å². The summed E-state index contributed by atoms with van der Waals surface area (Å²) < 4.78 is 0.888. The molecular weight excluding hydrogens is 276 g/mol. The zero-order valence-corrected chi connectivity index (χ0v) is 10.0. The number of pyridine rings is 1. The zero-order chi connectivity index (χ0) is 10.7. The second-order valence-electron chi connectivity index (χ2n) is 2.79. The van der Waals surface area contributed by atoms with Crippen molar-refractivity contribution in [1.82, 2.24) is 4.98 Å². The SMILES string of the molecule is O=C(Nc1cc(Br)ccn1)c1cccs1. The number of hydrogen-bond donors (Lipinski definition) is 1. The Morgan fingerprint density at radius 3 is 3.00 bits per heavy atom. The monoisotopic (exact) mass is 282 g/mol. The van der Waals surface area contributed by atoms with Crippen LogP contribution in [0.1, 0.15) is 9.67 Å². The van der Waals surface area contributed by atoms with Gasteiger partial charge >= 0.3 is 0 Å². The summed E-state index contributed by atoms with van der Waals surface area (Å²) in [6, 6.07) is 7.18. The summed E-state index contributed by atoms with van der Waals surface area (Å²) in [6.45, 7) is 0. The maximum Gasteiger partial charge on any atom is 0.266 e. The van der Waals surface area contributed by atoms with Crippen molar-refractivity contribution in [3.8, 4) is 0 Å². The molecule has 1 amide bonds. The van der Waals surface area contributed by atoms with Gasteiger partial charge < -0.3 is 5.32 Å². The molecule has 0 spiro atoms. The van der Waals surface area contributed by atoms with Gasteiger partial charge in [-0.15, -0.1) is 11.3 Å². The lowest BCUT2D eigenvalue weighted by atomic mass is 10.4. The van der Waals surface area contributed by atoms with Crippen LogP contribution in [-0.4, -0.2) is 10.9 Å². The van der Waals surface area contributed by atoms with Crippen molar-refractivity contribution < 1.29 is 4.79 Å². The number of aromatic nitrogens is 1. The Labute approximate surface area is 99.3 Å². The predicted molar refractivity (Wildman–Crippen MR) is 64.2 cm³/mol. The number of anilines is 1. The van der Waals surface area contributed by atoms with Crippen molar-refractivity contribution >= 4 is 39.0 Å². The standard InChI is InChI=1S/C10H7BrN2OS/c11-7-3-4-12-9(6-7)13-10(14)8-2-1-5-15-8/h1-6H,(H,12,13,14). The molecule has 76 valence electrons. The third-order valence-electron chi connectivity index (χ3n) is 1.71. The molecule has 2 aromatic heterocycles. The number of nitrogens with zero attached hydrogens (tertiary/aromatic N) is 1. The summed E-state index contributed by atoms with van der Waals surface area (Å²) in [4.78, 5) is 16.3. The first kappa shape index (κ1) is 10.3. The molecule has 1 N–H and O–H groups in total. The fourth-order valence-electron chi connectivity index (χ4n) is 1.06. The fraction of sp³-hybridized carbons (Fsp3) is 0. The third-order valence-corrected chi connectivity index (χ3v) is 3.07. The molecule has 0 atom stereocenters.